The van der Waals surface area contributed by atoms with Crippen molar-refractivity contribution in [3.8, 4) is 11.1 Å². The highest BCUT2D eigenvalue weighted by atomic mass is 16.4. The van der Waals surface area contributed by atoms with Crippen molar-refractivity contribution in [1.29, 1.82) is 0 Å². The Morgan fingerprint density at radius 2 is 1.72 bits per heavy atom. The van der Waals surface area contributed by atoms with Crippen molar-refractivity contribution >= 4 is 6.09 Å². The second-order valence-electron chi connectivity index (χ2n) is 7.09. The number of rotatable bonds is 5. The number of nitrogens with one attached hydrogen (secondary N) is 1. The Kier molecular flexibility index (Phi) is 4.85. The molecule has 1 aliphatic rings. The van der Waals surface area contributed by atoms with Gasteiger partial charge in [0.2, 0.25) is 0 Å². The first kappa shape index (κ1) is 17.5. The molecular weight excluding hydrogens is 310 g/mol. The van der Waals surface area contributed by atoms with Crippen molar-refractivity contribution in [2.45, 2.75) is 52.5 Å². The van der Waals surface area contributed by atoms with Gasteiger partial charge in [0.1, 0.15) is 0 Å². The topological polar surface area (TPSA) is 49.3 Å². The van der Waals surface area contributed by atoms with E-state index >= 15 is 0 Å². The van der Waals surface area contributed by atoms with Crippen LogP contribution in [0, 0.1) is 5.41 Å². The summed E-state index contributed by atoms with van der Waals surface area (Å²) >= 11 is 0. The monoisotopic (exact) mass is 337 g/mol. The Bertz CT molecular complexity index is 760. The van der Waals surface area contributed by atoms with Gasteiger partial charge in [0.25, 0.3) is 0 Å². The zero-order valence-electron chi connectivity index (χ0n) is 15.3. The molecule has 1 atom stereocenters. The number of hydrogen-bond acceptors (Lipinski definition) is 1. The van der Waals surface area contributed by atoms with Gasteiger partial charge in [-0.3, -0.25) is 0 Å². The molecule has 3 rings (SSSR count). The van der Waals surface area contributed by atoms with Crippen molar-refractivity contribution in [1.82, 2.24) is 5.32 Å². The molecule has 0 saturated heterocycles. The lowest BCUT2D eigenvalue weighted by molar-refractivity contribution is 0.157. The van der Waals surface area contributed by atoms with Gasteiger partial charge in [-0.1, -0.05) is 63.2 Å². The zero-order chi connectivity index (χ0) is 18.0. The van der Waals surface area contributed by atoms with Gasteiger partial charge in [-0.2, -0.15) is 0 Å². The molecule has 0 radical (unpaired) electrons. The van der Waals surface area contributed by atoms with Gasteiger partial charge < -0.3 is 10.4 Å². The molecule has 1 aliphatic carbocycles. The molecular formula is C22H27NO2. The number of fused-ring (bicyclic) bond motifs is 1. The third kappa shape index (κ3) is 3.15. The lowest BCUT2D eigenvalue weighted by Gasteiger charge is -2.33. The maximum absolute atomic E-state index is 11.3. The van der Waals surface area contributed by atoms with Crippen LogP contribution in [-0.4, -0.2) is 11.2 Å². The molecule has 3 nitrogen and oxygen atoms in total. The van der Waals surface area contributed by atoms with Crippen molar-refractivity contribution in [3.63, 3.8) is 0 Å². The highest BCUT2D eigenvalue weighted by molar-refractivity contribution is 5.68. The minimum Gasteiger partial charge on any atom is -0.465 e. The van der Waals surface area contributed by atoms with Crippen LogP contribution < -0.4 is 5.32 Å². The third-order valence-corrected chi connectivity index (χ3v) is 5.98. The van der Waals surface area contributed by atoms with E-state index in [1.165, 1.54) is 22.3 Å². The summed E-state index contributed by atoms with van der Waals surface area (Å²) in [5.41, 5.74) is 6.16. The summed E-state index contributed by atoms with van der Waals surface area (Å²) in [7, 11) is 0. The van der Waals surface area contributed by atoms with Gasteiger partial charge in [-0.05, 0) is 58.9 Å². The molecule has 0 aliphatic heterocycles. The number of hydrogen-bond donors (Lipinski definition) is 2. The Labute approximate surface area is 150 Å². The molecule has 1 unspecified atom stereocenters. The molecule has 0 heterocycles. The summed E-state index contributed by atoms with van der Waals surface area (Å²) in [6, 6.07) is 15.1. The van der Waals surface area contributed by atoms with E-state index < -0.39 is 6.09 Å². The predicted molar refractivity (Wildman–Crippen MR) is 102 cm³/mol. The Morgan fingerprint density at radius 1 is 1.08 bits per heavy atom. The Balaban J connectivity index is 1.99. The van der Waals surface area contributed by atoms with E-state index in [4.69, 9.17) is 0 Å². The van der Waals surface area contributed by atoms with Crippen molar-refractivity contribution in [3.05, 3.63) is 59.2 Å². The number of benzene rings is 2. The summed E-state index contributed by atoms with van der Waals surface area (Å²) in [4.78, 5) is 11.3. The maximum Gasteiger partial charge on any atom is 0.405 e. The lowest BCUT2D eigenvalue weighted by atomic mass is 9.76. The Hall–Kier alpha value is -2.29. The smallest absolute Gasteiger partial charge is 0.405 e. The molecule has 2 aromatic carbocycles. The first-order valence-electron chi connectivity index (χ1n) is 9.24. The van der Waals surface area contributed by atoms with Crippen molar-refractivity contribution in [2.75, 3.05) is 0 Å². The predicted octanol–water partition coefficient (Wildman–Crippen LogP) is 5.59. The molecule has 2 aromatic rings. The van der Waals surface area contributed by atoms with E-state index in [0.29, 0.717) is 0 Å². The van der Waals surface area contributed by atoms with Crippen LogP contribution in [0.1, 0.15) is 56.3 Å². The van der Waals surface area contributed by atoms with Crippen LogP contribution >= 0.6 is 0 Å². The molecule has 0 spiro atoms. The number of carboxylic acid groups (broad SMARTS) is 1. The molecule has 0 saturated carbocycles. The van der Waals surface area contributed by atoms with Gasteiger partial charge in [0.05, 0.1) is 6.04 Å². The highest BCUT2D eigenvalue weighted by Crippen LogP contribution is 2.50. The summed E-state index contributed by atoms with van der Waals surface area (Å²) < 4.78 is 0. The quantitative estimate of drug-likeness (QED) is 0.747. The largest absolute Gasteiger partial charge is 0.465 e. The van der Waals surface area contributed by atoms with Crippen molar-refractivity contribution < 1.29 is 9.90 Å². The number of carbonyl (C=O) groups is 1. The fourth-order valence-electron chi connectivity index (χ4n) is 4.23. The summed E-state index contributed by atoms with van der Waals surface area (Å²) in [6.45, 7) is 6.49. The summed E-state index contributed by atoms with van der Waals surface area (Å²) in [6.07, 6.45) is 2.96. The Morgan fingerprint density at radius 3 is 2.28 bits per heavy atom. The average molecular weight is 337 g/mol. The minimum atomic E-state index is -0.941. The average Bonchev–Trinajstić information content (AvgIpc) is 2.94. The van der Waals surface area contributed by atoms with Gasteiger partial charge in [-0.25, -0.2) is 4.79 Å². The van der Waals surface area contributed by atoms with Crippen LogP contribution in [0.3, 0.4) is 0 Å². The second kappa shape index (κ2) is 6.91. The summed E-state index contributed by atoms with van der Waals surface area (Å²) in [5, 5.41) is 12.1. The first-order valence-corrected chi connectivity index (χ1v) is 9.24. The number of amides is 1. The molecule has 1 amide bonds. The van der Waals surface area contributed by atoms with Gasteiger partial charge in [0.15, 0.2) is 0 Å². The fraction of sp³-hybridized carbons (Fsp3) is 0.409. The van der Waals surface area contributed by atoms with Crippen LogP contribution in [0.2, 0.25) is 0 Å². The third-order valence-electron chi connectivity index (χ3n) is 5.98. The van der Waals surface area contributed by atoms with Gasteiger partial charge in [-0.15, -0.1) is 0 Å². The molecule has 3 heteroatoms. The zero-order valence-corrected chi connectivity index (χ0v) is 15.3. The molecule has 2 N–H and O–H groups in total. The van der Waals surface area contributed by atoms with Crippen LogP contribution in [0.5, 0.6) is 0 Å². The van der Waals surface area contributed by atoms with Crippen LogP contribution in [-0.2, 0) is 12.8 Å². The van der Waals surface area contributed by atoms with E-state index in [1.54, 1.807) is 0 Å². The molecule has 0 bridgehead atoms. The molecule has 0 aromatic heterocycles. The van der Waals surface area contributed by atoms with E-state index in [-0.39, 0.29) is 11.5 Å². The minimum absolute atomic E-state index is 0.0224. The standard InChI is InChI=1S/C22H27NO2/c1-4-15-7-9-16(10-8-15)17-11-12-19-18(13-17)14-22(5-2,6-3)20(19)23-21(24)25/h7-13,20,23H,4-6,14H2,1-3H3,(H,24,25). The lowest BCUT2D eigenvalue weighted by Crippen LogP contribution is -2.37. The molecule has 132 valence electrons. The van der Waals surface area contributed by atoms with Crippen LogP contribution in [0.4, 0.5) is 4.79 Å². The molecule has 0 fully saturated rings. The van der Waals surface area contributed by atoms with E-state index in [9.17, 15) is 9.90 Å². The fourth-order valence-corrected chi connectivity index (χ4v) is 4.23. The first-order chi connectivity index (χ1) is 12.0. The second-order valence-corrected chi connectivity index (χ2v) is 7.09. The summed E-state index contributed by atoms with van der Waals surface area (Å²) in [5.74, 6) is 0. The van der Waals surface area contributed by atoms with E-state index in [0.717, 1.165) is 31.2 Å². The van der Waals surface area contributed by atoms with Gasteiger partial charge in [0, 0.05) is 0 Å². The number of aryl methyl sites for hydroxylation is 1. The van der Waals surface area contributed by atoms with Crippen molar-refractivity contribution in [2.24, 2.45) is 5.41 Å². The van der Waals surface area contributed by atoms with Gasteiger partial charge >= 0.3 is 6.09 Å². The maximum atomic E-state index is 11.3. The van der Waals surface area contributed by atoms with Crippen LogP contribution in [0.25, 0.3) is 11.1 Å². The van der Waals surface area contributed by atoms with E-state index in [1.807, 2.05) is 0 Å². The van der Waals surface area contributed by atoms with E-state index in [2.05, 4.69) is 68.6 Å². The molecule has 25 heavy (non-hydrogen) atoms. The SMILES string of the molecule is CCc1ccc(-c2ccc3c(c2)CC(CC)(CC)C3NC(=O)O)cc1. The van der Waals surface area contributed by atoms with Crippen LogP contribution in [0.15, 0.2) is 42.5 Å². The highest BCUT2D eigenvalue weighted by Gasteiger charge is 2.44. The normalized spacial score (nSPS) is 18.0.